The first-order valence-corrected chi connectivity index (χ1v) is 9.97. The van der Waals surface area contributed by atoms with Crippen LogP contribution in [0, 0.1) is 0 Å². The Hall–Kier alpha value is -2.12. The molecule has 2 heterocycles. The van der Waals surface area contributed by atoms with Gasteiger partial charge in [0.25, 0.3) is 0 Å². The summed E-state index contributed by atoms with van der Waals surface area (Å²) in [5.74, 6) is -0.738. The van der Waals surface area contributed by atoms with Crippen molar-refractivity contribution in [2.75, 3.05) is 13.2 Å². The van der Waals surface area contributed by atoms with E-state index in [1.165, 1.54) is 6.20 Å². The maximum Gasteiger partial charge on any atom is 0.341 e. The number of ether oxygens (including phenoxy) is 2. The third kappa shape index (κ3) is 8.27. The fraction of sp³-hybridized carbons (Fsp3) is 0.400. The number of carbonyl (C=O) groups is 2. The van der Waals surface area contributed by atoms with Gasteiger partial charge in [-0.25, -0.2) is 19.6 Å². The van der Waals surface area contributed by atoms with Crippen LogP contribution in [0.15, 0.2) is 41.7 Å². The van der Waals surface area contributed by atoms with Crippen molar-refractivity contribution in [3.8, 4) is 0 Å². The predicted molar refractivity (Wildman–Crippen MR) is 111 cm³/mol. The summed E-state index contributed by atoms with van der Waals surface area (Å²) in [7, 11) is 0. The summed E-state index contributed by atoms with van der Waals surface area (Å²) in [6, 6.07) is 6.71. The zero-order chi connectivity index (χ0) is 21.2. The molecule has 0 aromatic carbocycles. The molecule has 0 spiro atoms. The van der Waals surface area contributed by atoms with E-state index in [1.54, 1.807) is 56.1 Å². The van der Waals surface area contributed by atoms with E-state index in [1.807, 2.05) is 0 Å². The lowest BCUT2D eigenvalue weighted by atomic mass is 10.3. The van der Waals surface area contributed by atoms with Crippen molar-refractivity contribution >= 4 is 35.3 Å². The fourth-order valence-corrected chi connectivity index (χ4v) is 3.02. The quantitative estimate of drug-likeness (QED) is 0.377. The van der Waals surface area contributed by atoms with Crippen LogP contribution in [0.4, 0.5) is 0 Å². The van der Waals surface area contributed by atoms with E-state index in [9.17, 15) is 9.59 Å². The van der Waals surface area contributed by atoms with Crippen molar-refractivity contribution in [1.82, 2.24) is 9.97 Å². The molecule has 2 rings (SSSR count). The summed E-state index contributed by atoms with van der Waals surface area (Å²) in [5.41, 5.74) is 0.852. The summed E-state index contributed by atoms with van der Waals surface area (Å²) < 4.78 is 9.76. The lowest BCUT2D eigenvalue weighted by Crippen LogP contribution is -2.12. The highest BCUT2D eigenvalue weighted by Gasteiger charge is 2.19. The maximum absolute atomic E-state index is 11.7. The van der Waals surface area contributed by atoms with Crippen molar-refractivity contribution in [2.24, 2.45) is 0 Å². The second kappa shape index (κ2) is 11.7. The molecule has 0 aliphatic heterocycles. The van der Waals surface area contributed by atoms with Crippen molar-refractivity contribution in [1.29, 1.82) is 0 Å². The summed E-state index contributed by atoms with van der Waals surface area (Å²) >= 11 is 7.21. The molecule has 152 valence electrons. The van der Waals surface area contributed by atoms with Gasteiger partial charge in [0, 0.05) is 17.1 Å². The lowest BCUT2D eigenvalue weighted by Gasteiger charge is -2.18. The standard InChI is InChI=1S/C12H17NO2S.C8H8ClNO2/c1-5-15-11(14)9-7-6-8-13-10(9)16-12(2,3)4;1-2-12-8(11)6-4-3-5-10-7(6)9/h6-8H,5H2,1-4H3;3-5H,2H2,1H3. The highest BCUT2D eigenvalue weighted by molar-refractivity contribution is 8.00. The number of carbonyl (C=O) groups excluding carboxylic acids is 2. The molecule has 0 saturated heterocycles. The molecule has 0 bridgehead atoms. The second-order valence-electron chi connectivity index (χ2n) is 6.35. The van der Waals surface area contributed by atoms with E-state index in [4.69, 9.17) is 21.1 Å². The van der Waals surface area contributed by atoms with Crippen LogP contribution in [-0.2, 0) is 9.47 Å². The molecule has 28 heavy (non-hydrogen) atoms. The molecule has 0 saturated carbocycles. The first-order chi connectivity index (χ1) is 13.2. The number of hydrogen-bond donors (Lipinski definition) is 0. The topological polar surface area (TPSA) is 78.4 Å². The minimum absolute atomic E-state index is 0.0234. The first kappa shape index (κ1) is 23.9. The number of nitrogens with zero attached hydrogens (tertiary/aromatic N) is 2. The van der Waals surface area contributed by atoms with Gasteiger partial charge in [-0.05, 0) is 38.1 Å². The highest BCUT2D eigenvalue weighted by atomic mass is 35.5. The van der Waals surface area contributed by atoms with Gasteiger partial charge in [-0.3, -0.25) is 0 Å². The number of esters is 2. The maximum atomic E-state index is 11.7. The van der Waals surface area contributed by atoms with Gasteiger partial charge in [0.2, 0.25) is 0 Å². The molecule has 0 fully saturated rings. The Balaban J connectivity index is 0.000000292. The molecule has 8 heteroatoms. The number of pyridine rings is 2. The average Bonchev–Trinajstić information content (AvgIpc) is 2.62. The zero-order valence-electron chi connectivity index (χ0n) is 16.7. The molecule has 0 atom stereocenters. The molecule has 0 amide bonds. The van der Waals surface area contributed by atoms with Gasteiger partial charge in [-0.1, -0.05) is 44.1 Å². The largest absolute Gasteiger partial charge is 0.462 e. The van der Waals surface area contributed by atoms with Gasteiger partial charge in [0.15, 0.2) is 0 Å². The Morgan fingerprint density at radius 2 is 1.46 bits per heavy atom. The van der Waals surface area contributed by atoms with Crippen LogP contribution in [0.1, 0.15) is 55.3 Å². The summed E-state index contributed by atoms with van der Waals surface area (Å²) in [6.45, 7) is 10.5. The molecule has 0 unspecified atom stereocenters. The Bertz CT molecular complexity index is 794. The van der Waals surface area contributed by atoms with Crippen molar-refractivity contribution in [3.63, 3.8) is 0 Å². The first-order valence-electron chi connectivity index (χ1n) is 8.78. The van der Waals surface area contributed by atoms with Crippen LogP contribution >= 0.6 is 23.4 Å². The van der Waals surface area contributed by atoms with Crippen LogP contribution in [0.25, 0.3) is 0 Å². The predicted octanol–water partition coefficient (Wildman–Crippen LogP) is 5.06. The van der Waals surface area contributed by atoms with E-state index in [-0.39, 0.29) is 15.9 Å². The van der Waals surface area contributed by atoms with E-state index in [0.29, 0.717) is 24.3 Å². The molecule has 0 aliphatic rings. The number of hydrogen-bond acceptors (Lipinski definition) is 7. The molecular formula is C20H25ClN2O4S. The van der Waals surface area contributed by atoms with Crippen LogP contribution in [0.3, 0.4) is 0 Å². The molecule has 6 nitrogen and oxygen atoms in total. The highest BCUT2D eigenvalue weighted by Crippen LogP contribution is 2.32. The Morgan fingerprint density at radius 3 is 1.96 bits per heavy atom. The van der Waals surface area contributed by atoms with Gasteiger partial charge in [-0.15, -0.1) is 0 Å². The minimum Gasteiger partial charge on any atom is -0.462 e. The lowest BCUT2D eigenvalue weighted by molar-refractivity contribution is 0.0513. The smallest absolute Gasteiger partial charge is 0.341 e. The molecule has 0 aliphatic carbocycles. The fourth-order valence-electron chi connectivity index (χ4n) is 1.87. The van der Waals surface area contributed by atoms with Crippen LogP contribution < -0.4 is 0 Å². The van der Waals surface area contributed by atoms with Gasteiger partial charge in [0.05, 0.1) is 24.3 Å². The Morgan fingerprint density at radius 1 is 0.964 bits per heavy atom. The molecule has 0 radical (unpaired) electrons. The monoisotopic (exact) mass is 424 g/mol. The Kier molecular flexibility index (Phi) is 9.96. The zero-order valence-corrected chi connectivity index (χ0v) is 18.3. The number of rotatable bonds is 5. The SMILES string of the molecule is CCOC(=O)c1cccnc1Cl.CCOC(=O)c1cccnc1SC(C)(C)C. The number of halogens is 1. The van der Waals surface area contributed by atoms with E-state index in [2.05, 4.69) is 30.7 Å². The van der Waals surface area contributed by atoms with Gasteiger partial charge in [-0.2, -0.15) is 0 Å². The summed E-state index contributed by atoms with van der Waals surface area (Å²) in [5, 5.41) is 0.907. The van der Waals surface area contributed by atoms with Crippen molar-refractivity contribution in [2.45, 2.75) is 44.4 Å². The van der Waals surface area contributed by atoms with Gasteiger partial charge < -0.3 is 9.47 Å². The van der Waals surface area contributed by atoms with Crippen molar-refractivity contribution in [3.05, 3.63) is 52.9 Å². The average molecular weight is 425 g/mol. The number of thioether (sulfide) groups is 1. The van der Waals surface area contributed by atoms with Crippen LogP contribution in [0.5, 0.6) is 0 Å². The van der Waals surface area contributed by atoms with E-state index >= 15 is 0 Å². The minimum atomic E-state index is -0.435. The summed E-state index contributed by atoms with van der Waals surface area (Å²) in [6.07, 6.45) is 3.21. The van der Waals surface area contributed by atoms with Crippen LogP contribution in [0.2, 0.25) is 5.15 Å². The third-order valence-electron chi connectivity index (χ3n) is 2.92. The molecular weight excluding hydrogens is 400 g/mol. The second-order valence-corrected chi connectivity index (χ2v) is 8.53. The normalized spacial score (nSPS) is 10.5. The summed E-state index contributed by atoms with van der Waals surface area (Å²) in [4.78, 5) is 30.8. The van der Waals surface area contributed by atoms with Crippen molar-refractivity contribution < 1.29 is 19.1 Å². The van der Waals surface area contributed by atoms with Gasteiger partial charge >= 0.3 is 11.9 Å². The molecule has 2 aromatic rings. The van der Waals surface area contributed by atoms with E-state index < -0.39 is 5.97 Å². The van der Waals surface area contributed by atoms with Gasteiger partial charge in [0.1, 0.15) is 10.2 Å². The number of aromatic nitrogens is 2. The Labute approximate surface area is 175 Å². The van der Waals surface area contributed by atoms with Crippen LogP contribution in [-0.4, -0.2) is 39.9 Å². The molecule has 2 aromatic heterocycles. The molecule has 0 N–H and O–H groups in total. The van der Waals surface area contributed by atoms with E-state index in [0.717, 1.165) is 5.03 Å². The third-order valence-corrected chi connectivity index (χ3v) is 4.36.